The molecule has 0 aliphatic heterocycles. The van der Waals surface area contributed by atoms with Crippen LogP contribution in [0.5, 0.6) is 0 Å². The Kier molecular flexibility index (Phi) is 18.6. The number of rotatable bonds is 17. The highest BCUT2D eigenvalue weighted by Crippen LogP contribution is 2.20. The lowest BCUT2D eigenvalue weighted by Gasteiger charge is -2.13. The molecule has 2 heteroatoms. The summed E-state index contributed by atoms with van der Waals surface area (Å²) in [7, 11) is 0. The standard InChI is InChI=1S/C20H42S2/c1-3-4-5-6-7-8-9-10-11-12-13-14-15-16-17-18-19(2)20(21)22/h19-22H,3-18H2,1-2H3. The summed E-state index contributed by atoms with van der Waals surface area (Å²) in [5, 5.41) is 0. The molecular formula is C20H42S2. The van der Waals surface area contributed by atoms with Crippen molar-refractivity contribution in [3.8, 4) is 0 Å². The van der Waals surface area contributed by atoms with Crippen LogP contribution in [0.2, 0.25) is 0 Å². The molecule has 0 spiro atoms. The van der Waals surface area contributed by atoms with E-state index in [-0.39, 0.29) is 4.58 Å². The van der Waals surface area contributed by atoms with Gasteiger partial charge < -0.3 is 0 Å². The van der Waals surface area contributed by atoms with Crippen LogP contribution in [0.1, 0.15) is 117 Å². The van der Waals surface area contributed by atoms with Gasteiger partial charge in [-0.3, -0.25) is 0 Å². The smallest absolute Gasteiger partial charge is 0.0467 e. The van der Waals surface area contributed by atoms with Gasteiger partial charge in [0.15, 0.2) is 0 Å². The van der Waals surface area contributed by atoms with E-state index in [1.807, 2.05) is 0 Å². The largest absolute Gasteiger partial charge is 0.165 e. The molecular weight excluding hydrogens is 304 g/mol. The van der Waals surface area contributed by atoms with Gasteiger partial charge in [-0.25, -0.2) is 0 Å². The second-order valence-electron chi connectivity index (χ2n) is 7.13. The fraction of sp³-hybridized carbons (Fsp3) is 1.00. The minimum absolute atomic E-state index is 0.256. The van der Waals surface area contributed by atoms with Gasteiger partial charge in [0.25, 0.3) is 0 Å². The molecule has 0 heterocycles. The summed E-state index contributed by atoms with van der Waals surface area (Å²) in [4.78, 5) is 0. The van der Waals surface area contributed by atoms with Gasteiger partial charge in [0.2, 0.25) is 0 Å². The van der Waals surface area contributed by atoms with E-state index < -0.39 is 0 Å². The van der Waals surface area contributed by atoms with Gasteiger partial charge in [-0.05, 0) is 12.3 Å². The van der Waals surface area contributed by atoms with E-state index in [0.717, 1.165) is 0 Å². The fourth-order valence-electron chi connectivity index (χ4n) is 2.99. The molecule has 0 saturated heterocycles. The van der Waals surface area contributed by atoms with Crippen molar-refractivity contribution >= 4 is 25.3 Å². The third-order valence-electron chi connectivity index (χ3n) is 4.77. The van der Waals surface area contributed by atoms with Crippen molar-refractivity contribution in [2.45, 2.75) is 121 Å². The van der Waals surface area contributed by atoms with Crippen LogP contribution in [-0.2, 0) is 0 Å². The number of hydrogen-bond acceptors (Lipinski definition) is 2. The van der Waals surface area contributed by atoms with E-state index in [1.54, 1.807) is 0 Å². The predicted molar refractivity (Wildman–Crippen MR) is 110 cm³/mol. The zero-order valence-corrected chi connectivity index (χ0v) is 17.2. The molecule has 0 rings (SSSR count). The number of unbranched alkanes of at least 4 members (excludes halogenated alkanes) is 14. The average Bonchev–Trinajstić information content (AvgIpc) is 2.50. The quantitative estimate of drug-likeness (QED) is 0.148. The first-order valence-electron chi connectivity index (χ1n) is 10.0. The predicted octanol–water partition coefficient (Wildman–Crippen LogP) is 8.07. The third-order valence-corrected chi connectivity index (χ3v) is 5.79. The molecule has 22 heavy (non-hydrogen) atoms. The van der Waals surface area contributed by atoms with Crippen LogP contribution < -0.4 is 0 Å². The Morgan fingerprint density at radius 3 is 1.18 bits per heavy atom. The second-order valence-corrected chi connectivity index (χ2v) is 8.65. The van der Waals surface area contributed by atoms with Crippen LogP contribution in [-0.4, -0.2) is 4.58 Å². The maximum Gasteiger partial charge on any atom is 0.0467 e. The van der Waals surface area contributed by atoms with Crippen LogP contribution in [0.25, 0.3) is 0 Å². The van der Waals surface area contributed by atoms with E-state index in [9.17, 15) is 0 Å². The van der Waals surface area contributed by atoms with Gasteiger partial charge in [0, 0.05) is 4.58 Å². The Labute approximate surface area is 152 Å². The summed E-state index contributed by atoms with van der Waals surface area (Å²) in [6.07, 6.45) is 22.9. The SMILES string of the molecule is CCCCCCCCCCCCCCCCCC(C)C(S)S. The molecule has 1 unspecified atom stereocenters. The Morgan fingerprint density at radius 1 is 0.545 bits per heavy atom. The first-order valence-corrected chi connectivity index (χ1v) is 11.1. The van der Waals surface area contributed by atoms with Crippen molar-refractivity contribution in [2.75, 3.05) is 0 Å². The Hall–Kier alpha value is 0.700. The third kappa shape index (κ3) is 17.1. The van der Waals surface area contributed by atoms with Crippen molar-refractivity contribution < 1.29 is 0 Å². The monoisotopic (exact) mass is 346 g/mol. The van der Waals surface area contributed by atoms with Gasteiger partial charge in [-0.15, -0.1) is 0 Å². The van der Waals surface area contributed by atoms with Crippen molar-refractivity contribution in [1.29, 1.82) is 0 Å². The Balaban J connectivity index is 3.03. The van der Waals surface area contributed by atoms with Crippen molar-refractivity contribution in [3.05, 3.63) is 0 Å². The first-order chi connectivity index (χ1) is 10.7. The molecule has 0 N–H and O–H groups in total. The van der Waals surface area contributed by atoms with Gasteiger partial charge >= 0.3 is 0 Å². The molecule has 0 aromatic heterocycles. The van der Waals surface area contributed by atoms with E-state index in [2.05, 4.69) is 39.1 Å². The summed E-state index contributed by atoms with van der Waals surface area (Å²) in [6.45, 7) is 4.55. The first kappa shape index (κ1) is 22.7. The topological polar surface area (TPSA) is 0 Å². The maximum atomic E-state index is 4.38. The van der Waals surface area contributed by atoms with E-state index in [1.165, 1.54) is 103 Å². The van der Waals surface area contributed by atoms with Crippen LogP contribution >= 0.6 is 25.3 Å². The van der Waals surface area contributed by atoms with Gasteiger partial charge in [-0.1, -0.05) is 110 Å². The molecule has 0 fully saturated rings. The highest BCUT2D eigenvalue weighted by molar-refractivity contribution is 7.99. The van der Waals surface area contributed by atoms with Crippen molar-refractivity contribution in [3.63, 3.8) is 0 Å². The van der Waals surface area contributed by atoms with Crippen LogP contribution in [0.3, 0.4) is 0 Å². The number of hydrogen-bond donors (Lipinski definition) is 2. The molecule has 0 aliphatic carbocycles. The van der Waals surface area contributed by atoms with Gasteiger partial charge in [0.05, 0.1) is 0 Å². The minimum atomic E-state index is 0.256. The van der Waals surface area contributed by atoms with Gasteiger partial charge in [0.1, 0.15) is 0 Å². The summed E-state index contributed by atoms with van der Waals surface area (Å²) >= 11 is 8.77. The molecule has 0 aromatic carbocycles. The van der Waals surface area contributed by atoms with Gasteiger partial charge in [-0.2, -0.15) is 25.3 Å². The zero-order valence-electron chi connectivity index (χ0n) is 15.4. The normalized spacial score (nSPS) is 13.0. The molecule has 0 saturated carbocycles. The molecule has 0 amide bonds. The summed E-state index contributed by atoms with van der Waals surface area (Å²) < 4.78 is 0.256. The highest BCUT2D eigenvalue weighted by atomic mass is 32.2. The second kappa shape index (κ2) is 18.0. The molecule has 0 nitrogen and oxygen atoms in total. The van der Waals surface area contributed by atoms with Crippen molar-refractivity contribution in [2.24, 2.45) is 5.92 Å². The zero-order chi connectivity index (χ0) is 16.5. The molecule has 0 aromatic rings. The Bertz CT molecular complexity index is 204. The lowest BCUT2D eigenvalue weighted by atomic mass is 10.0. The average molecular weight is 347 g/mol. The maximum absolute atomic E-state index is 4.38. The lowest BCUT2D eigenvalue weighted by molar-refractivity contribution is 0.500. The minimum Gasteiger partial charge on any atom is -0.165 e. The summed E-state index contributed by atoms with van der Waals surface area (Å²) in [5.41, 5.74) is 0. The van der Waals surface area contributed by atoms with E-state index >= 15 is 0 Å². The number of thiol groups is 2. The molecule has 1 atom stereocenters. The lowest BCUT2D eigenvalue weighted by Crippen LogP contribution is -2.03. The van der Waals surface area contributed by atoms with Crippen molar-refractivity contribution in [1.82, 2.24) is 0 Å². The Morgan fingerprint density at radius 2 is 0.864 bits per heavy atom. The molecule has 0 bridgehead atoms. The van der Waals surface area contributed by atoms with Crippen LogP contribution in [0.15, 0.2) is 0 Å². The van der Waals surface area contributed by atoms with Crippen LogP contribution in [0, 0.1) is 5.92 Å². The molecule has 0 aliphatic rings. The summed E-state index contributed by atoms with van der Waals surface area (Å²) in [5.74, 6) is 0.647. The van der Waals surface area contributed by atoms with Crippen LogP contribution in [0.4, 0.5) is 0 Å². The van der Waals surface area contributed by atoms with E-state index in [4.69, 9.17) is 0 Å². The fourth-order valence-corrected chi connectivity index (χ4v) is 3.28. The summed E-state index contributed by atoms with van der Waals surface area (Å²) in [6, 6.07) is 0. The molecule has 0 radical (unpaired) electrons. The van der Waals surface area contributed by atoms with E-state index in [0.29, 0.717) is 5.92 Å². The highest BCUT2D eigenvalue weighted by Gasteiger charge is 2.07. The molecule has 134 valence electrons.